The number of carbonyl (C=O) groups is 2. The van der Waals surface area contributed by atoms with Crippen LogP contribution in [0.1, 0.15) is 16.8 Å². The van der Waals surface area contributed by atoms with Crippen molar-refractivity contribution in [3.63, 3.8) is 0 Å². The van der Waals surface area contributed by atoms with Crippen molar-refractivity contribution < 1.29 is 9.59 Å². The lowest BCUT2D eigenvalue weighted by molar-refractivity contribution is -0.121. The number of carbonyl (C=O) groups excluding carboxylic acids is 2. The van der Waals surface area contributed by atoms with Crippen LogP contribution in [0.2, 0.25) is 5.02 Å². The largest absolute Gasteiger partial charge is 0.399 e. The third-order valence-corrected chi connectivity index (χ3v) is 3.41. The molecule has 0 radical (unpaired) electrons. The van der Waals surface area contributed by atoms with Crippen molar-refractivity contribution in [2.75, 3.05) is 18.8 Å². The van der Waals surface area contributed by atoms with Crippen molar-refractivity contribution in [1.82, 2.24) is 4.90 Å². The van der Waals surface area contributed by atoms with E-state index in [1.165, 1.54) is 6.07 Å². The molecule has 0 aromatic heterocycles. The first-order valence-electron chi connectivity index (χ1n) is 5.62. The molecule has 1 heterocycles. The van der Waals surface area contributed by atoms with Crippen molar-refractivity contribution in [1.29, 1.82) is 0 Å². The van der Waals surface area contributed by atoms with Crippen LogP contribution in [-0.4, -0.2) is 29.8 Å². The molecule has 0 bridgehead atoms. The number of anilines is 1. The number of rotatable bonds is 2. The summed E-state index contributed by atoms with van der Waals surface area (Å²) in [6, 6.07) is 4.76. The van der Waals surface area contributed by atoms with Gasteiger partial charge >= 0.3 is 0 Å². The monoisotopic (exact) mass is 267 g/mol. The van der Waals surface area contributed by atoms with Crippen LogP contribution in [0.5, 0.6) is 0 Å². The second-order valence-electron chi connectivity index (χ2n) is 4.38. The highest BCUT2D eigenvalue weighted by Crippen LogP contribution is 2.24. The highest BCUT2D eigenvalue weighted by atomic mass is 35.5. The first-order valence-corrected chi connectivity index (χ1v) is 6.00. The molecule has 1 aliphatic rings. The lowest BCUT2D eigenvalue weighted by Gasteiger charge is -2.16. The molecule has 96 valence electrons. The minimum absolute atomic E-state index is 0.191. The first kappa shape index (κ1) is 12.7. The molecular formula is C12H14ClN3O2. The van der Waals surface area contributed by atoms with Gasteiger partial charge in [-0.1, -0.05) is 11.6 Å². The van der Waals surface area contributed by atoms with Gasteiger partial charge in [0.2, 0.25) is 5.91 Å². The number of nitrogens with two attached hydrogens (primary N) is 2. The standard InChI is InChI=1S/C12H14ClN3O2/c13-10-5-8(14)1-2-9(10)12(18)16-4-3-7(6-16)11(15)17/h1-2,5,7H,3-4,6,14H2,(H2,15,17). The molecule has 18 heavy (non-hydrogen) atoms. The molecule has 6 heteroatoms. The molecule has 0 saturated carbocycles. The molecule has 2 rings (SSSR count). The summed E-state index contributed by atoms with van der Waals surface area (Å²) in [5.41, 5.74) is 11.7. The summed E-state index contributed by atoms with van der Waals surface area (Å²) in [4.78, 5) is 24.8. The Bertz CT molecular complexity index is 504. The van der Waals surface area contributed by atoms with Crippen molar-refractivity contribution in [2.24, 2.45) is 11.7 Å². The lowest BCUT2D eigenvalue weighted by atomic mass is 10.1. The van der Waals surface area contributed by atoms with E-state index in [-0.39, 0.29) is 17.7 Å². The number of nitrogens with zero attached hydrogens (tertiary/aromatic N) is 1. The van der Waals surface area contributed by atoms with Gasteiger partial charge in [0.15, 0.2) is 0 Å². The van der Waals surface area contributed by atoms with Gasteiger partial charge in [0.05, 0.1) is 16.5 Å². The van der Waals surface area contributed by atoms with Gasteiger partial charge in [-0.15, -0.1) is 0 Å². The van der Waals surface area contributed by atoms with Crippen LogP contribution < -0.4 is 11.5 Å². The molecule has 1 aromatic carbocycles. The Labute approximate surface area is 110 Å². The number of likely N-dealkylation sites (tertiary alicyclic amines) is 1. The van der Waals surface area contributed by atoms with Crippen LogP contribution >= 0.6 is 11.6 Å². The summed E-state index contributed by atoms with van der Waals surface area (Å²) in [5, 5.41) is 0.322. The number of halogens is 1. The number of nitrogen functional groups attached to an aromatic ring is 1. The third kappa shape index (κ3) is 2.41. The molecule has 1 unspecified atom stereocenters. The Morgan fingerprint density at radius 1 is 1.39 bits per heavy atom. The fourth-order valence-corrected chi connectivity index (χ4v) is 2.32. The molecule has 5 nitrogen and oxygen atoms in total. The van der Waals surface area contributed by atoms with E-state index < -0.39 is 0 Å². The van der Waals surface area contributed by atoms with Gasteiger partial charge < -0.3 is 16.4 Å². The van der Waals surface area contributed by atoms with Gasteiger partial charge in [-0.2, -0.15) is 0 Å². The van der Waals surface area contributed by atoms with Crippen molar-refractivity contribution in [2.45, 2.75) is 6.42 Å². The summed E-state index contributed by atoms with van der Waals surface area (Å²) in [7, 11) is 0. The molecule has 0 spiro atoms. The fourth-order valence-electron chi connectivity index (χ4n) is 2.05. The quantitative estimate of drug-likeness (QED) is 0.779. The zero-order valence-electron chi connectivity index (χ0n) is 9.73. The predicted octanol–water partition coefficient (Wildman–Crippen LogP) is 0.870. The van der Waals surface area contributed by atoms with Crippen LogP contribution in [0.3, 0.4) is 0 Å². The Kier molecular flexibility index (Phi) is 3.43. The Morgan fingerprint density at radius 2 is 2.11 bits per heavy atom. The van der Waals surface area contributed by atoms with Crippen molar-refractivity contribution in [3.05, 3.63) is 28.8 Å². The molecule has 1 aromatic rings. The Hall–Kier alpha value is -1.75. The van der Waals surface area contributed by atoms with Gasteiger partial charge in [-0.3, -0.25) is 9.59 Å². The topological polar surface area (TPSA) is 89.4 Å². The number of hydrogen-bond donors (Lipinski definition) is 2. The minimum Gasteiger partial charge on any atom is -0.399 e. The van der Waals surface area contributed by atoms with E-state index in [0.29, 0.717) is 35.8 Å². The number of primary amides is 1. The molecule has 0 aliphatic carbocycles. The van der Waals surface area contributed by atoms with E-state index in [0.717, 1.165) is 0 Å². The molecule has 1 saturated heterocycles. The highest BCUT2D eigenvalue weighted by molar-refractivity contribution is 6.34. The summed E-state index contributed by atoms with van der Waals surface area (Å²) in [6.07, 6.45) is 0.605. The lowest BCUT2D eigenvalue weighted by Crippen LogP contribution is -2.31. The average Bonchev–Trinajstić information content (AvgIpc) is 2.77. The fraction of sp³-hybridized carbons (Fsp3) is 0.333. The van der Waals surface area contributed by atoms with Crippen molar-refractivity contribution in [3.8, 4) is 0 Å². The zero-order valence-corrected chi connectivity index (χ0v) is 10.5. The van der Waals surface area contributed by atoms with E-state index in [9.17, 15) is 9.59 Å². The maximum atomic E-state index is 12.2. The molecule has 1 aliphatic heterocycles. The van der Waals surface area contributed by atoms with E-state index in [1.807, 2.05) is 0 Å². The van der Waals surface area contributed by atoms with Crippen LogP contribution in [0, 0.1) is 5.92 Å². The summed E-state index contributed by atoms with van der Waals surface area (Å²) >= 11 is 5.98. The number of hydrogen-bond acceptors (Lipinski definition) is 3. The van der Waals surface area contributed by atoms with E-state index >= 15 is 0 Å². The molecule has 4 N–H and O–H groups in total. The summed E-state index contributed by atoms with van der Waals surface area (Å²) < 4.78 is 0. The van der Waals surface area contributed by atoms with Gasteiger partial charge in [0.1, 0.15) is 0 Å². The molecule has 1 fully saturated rings. The van der Waals surface area contributed by atoms with E-state index in [1.54, 1.807) is 17.0 Å². The molecule has 2 amide bonds. The highest BCUT2D eigenvalue weighted by Gasteiger charge is 2.30. The Morgan fingerprint density at radius 3 is 2.67 bits per heavy atom. The SMILES string of the molecule is NC(=O)C1CCN(C(=O)c2ccc(N)cc2Cl)C1. The average molecular weight is 268 g/mol. The van der Waals surface area contributed by atoms with Crippen LogP contribution in [0.4, 0.5) is 5.69 Å². The predicted molar refractivity (Wildman–Crippen MR) is 69.1 cm³/mol. The second-order valence-corrected chi connectivity index (χ2v) is 4.79. The van der Waals surface area contributed by atoms with Crippen molar-refractivity contribution >= 4 is 29.1 Å². The van der Waals surface area contributed by atoms with Crippen LogP contribution in [-0.2, 0) is 4.79 Å². The first-order chi connectivity index (χ1) is 8.49. The zero-order chi connectivity index (χ0) is 13.3. The van der Waals surface area contributed by atoms with Gasteiger partial charge in [-0.05, 0) is 24.6 Å². The third-order valence-electron chi connectivity index (χ3n) is 3.10. The van der Waals surface area contributed by atoms with E-state index in [2.05, 4.69) is 0 Å². The van der Waals surface area contributed by atoms with Crippen LogP contribution in [0.15, 0.2) is 18.2 Å². The van der Waals surface area contributed by atoms with Gasteiger partial charge in [0, 0.05) is 18.8 Å². The van der Waals surface area contributed by atoms with E-state index in [4.69, 9.17) is 23.1 Å². The second kappa shape index (κ2) is 4.86. The summed E-state index contributed by atoms with van der Waals surface area (Å²) in [5.74, 6) is -0.820. The Balaban J connectivity index is 2.15. The smallest absolute Gasteiger partial charge is 0.255 e. The maximum absolute atomic E-state index is 12.2. The summed E-state index contributed by atoms with van der Waals surface area (Å²) in [6.45, 7) is 0.877. The normalized spacial score (nSPS) is 18.9. The maximum Gasteiger partial charge on any atom is 0.255 e. The molecule has 1 atom stereocenters. The number of amides is 2. The minimum atomic E-state index is -0.367. The van der Waals surface area contributed by atoms with Gasteiger partial charge in [-0.25, -0.2) is 0 Å². The van der Waals surface area contributed by atoms with Crippen LogP contribution in [0.25, 0.3) is 0 Å². The van der Waals surface area contributed by atoms with Gasteiger partial charge in [0.25, 0.3) is 5.91 Å². The molecular weight excluding hydrogens is 254 g/mol. The number of benzene rings is 1.